The van der Waals surface area contributed by atoms with E-state index >= 15 is 0 Å². The first-order valence-electron chi connectivity index (χ1n) is 7.68. The average molecular weight is 301 g/mol. The largest absolute Gasteiger partial charge is 0.508 e. The molecule has 1 aromatic rings. The number of phenolic OH excluding ortho intramolecular Hbond substituents is 1. The van der Waals surface area contributed by atoms with Crippen LogP contribution in [0.15, 0.2) is 23.8 Å². The lowest BCUT2D eigenvalue weighted by atomic mass is 9.90. The molecule has 22 heavy (non-hydrogen) atoms. The van der Waals surface area contributed by atoms with Crippen molar-refractivity contribution in [3.63, 3.8) is 0 Å². The van der Waals surface area contributed by atoms with Crippen LogP contribution in [0.1, 0.15) is 49.5 Å². The molecule has 2 N–H and O–H groups in total. The molecule has 0 fully saturated rings. The van der Waals surface area contributed by atoms with E-state index in [0.29, 0.717) is 24.4 Å². The van der Waals surface area contributed by atoms with Crippen molar-refractivity contribution in [1.29, 1.82) is 0 Å². The Morgan fingerprint density at radius 3 is 2.82 bits per heavy atom. The van der Waals surface area contributed by atoms with Gasteiger partial charge in [0.05, 0.1) is 0 Å². The number of benzene rings is 1. The maximum atomic E-state index is 12.7. The molecule has 0 saturated carbocycles. The molecule has 0 spiro atoms. The second kappa shape index (κ2) is 6.77. The number of hydrogen-bond donors (Lipinski definition) is 2. The summed E-state index contributed by atoms with van der Waals surface area (Å²) in [5.41, 5.74) is 2.38. The van der Waals surface area contributed by atoms with Crippen molar-refractivity contribution in [2.75, 3.05) is 6.54 Å². The van der Waals surface area contributed by atoms with E-state index < -0.39 is 0 Å². The van der Waals surface area contributed by atoms with Crippen molar-refractivity contribution < 1.29 is 14.7 Å². The summed E-state index contributed by atoms with van der Waals surface area (Å²) in [7, 11) is 0. The molecule has 1 amide bonds. The lowest BCUT2D eigenvalue weighted by Gasteiger charge is -2.15. The number of fused-ring (bicyclic) bond motifs is 1. The molecule has 0 bridgehead atoms. The fourth-order valence-corrected chi connectivity index (χ4v) is 2.69. The highest BCUT2D eigenvalue weighted by molar-refractivity contribution is 6.04. The predicted molar refractivity (Wildman–Crippen MR) is 86.7 cm³/mol. The lowest BCUT2D eigenvalue weighted by Crippen LogP contribution is -2.31. The van der Waals surface area contributed by atoms with E-state index in [1.54, 1.807) is 12.1 Å². The summed E-state index contributed by atoms with van der Waals surface area (Å²) in [6.45, 7) is 6.65. The van der Waals surface area contributed by atoms with E-state index in [0.717, 1.165) is 11.1 Å². The molecule has 118 valence electrons. The van der Waals surface area contributed by atoms with Crippen LogP contribution in [-0.2, 0) is 4.79 Å². The van der Waals surface area contributed by atoms with E-state index in [2.05, 4.69) is 5.32 Å². The Balaban J connectivity index is 2.18. The number of allylic oxidation sites excluding steroid dienone is 1. The van der Waals surface area contributed by atoms with Crippen molar-refractivity contribution in [3.05, 3.63) is 34.9 Å². The van der Waals surface area contributed by atoms with Gasteiger partial charge in [-0.2, -0.15) is 0 Å². The van der Waals surface area contributed by atoms with Crippen LogP contribution in [-0.4, -0.2) is 23.3 Å². The van der Waals surface area contributed by atoms with Crippen molar-refractivity contribution in [3.8, 4) is 5.75 Å². The monoisotopic (exact) mass is 301 g/mol. The van der Waals surface area contributed by atoms with E-state index in [1.807, 2.05) is 26.8 Å². The Labute approximate surface area is 131 Å². The highest BCUT2D eigenvalue weighted by Gasteiger charge is 2.27. The van der Waals surface area contributed by atoms with E-state index in [1.165, 1.54) is 6.07 Å². The number of nitrogens with one attached hydrogen (secondary N) is 1. The van der Waals surface area contributed by atoms with Crippen molar-refractivity contribution in [2.45, 2.75) is 33.6 Å². The predicted octanol–water partition coefficient (Wildman–Crippen LogP) is 3.16. The quantitative estimate of drug-likeness (QED) is 0.897. The third-order valence-corrected chi connectivity index (χ3v) is 3.78. The van der Waals surface area contributed by atoms with Gasteiger partial charge >= 0.3 is 0 Å². The second-order valence-corrected chi connectivity index (χ2v) is 6.43. The average Bonchev–Trinajstić information content (AvgIpc) is 2.55. The van der Waals surface area contributed by atoms with Crippen LogP contribution in [0.3, 0.4) is 0 Å². The molecule has 1 aromatic carbocycles. The first-order chi connectivity index (χ1) is 10.4. The molecule has 0 saturated heterocycles. The van der Waals surface area contributed by atoms with Crippen LogP contribution in [0.25, 0.3) is 6.08 Å². The molecule has 1 atom stereocenters. The number of Topliss-reactive ketones (excluding diaryl/α,β-unsaturated/α-hetero) is 1. The maximum Gasteiger partial charge on any atom is 0.220 e. The fourth-order valence-electron chi connectivity index (χ4n) is 2.69. The lowest BCUT2D eigenvalue weighted by molar-refractivity contribution is -0.121. The number of hydrogen-bond acceptors (Lipinski definition) is 3. The SMILES string of the molecule is CC1=Cc2ccc(O)cc2C(=O)C(CC(=O)NCC(C)C)C1. The van der Waals surface area contributed by atoms with Crippen LogP contribution < -0.4 is 5.32 Å². The number of ketones is 1. The van der Waals surface area contributed by atoms with Crippen LogP contribution in [0.2, 0.25) is 0 Å². The molecular weight excluding hydrogens is 278 g/mol. The van der Waals surface area contributed by atoms with Gasteiger partial charge in [0, 0.05) is 24.4 Å². The van der Waals surface area contributed by atoms with Gasteiger partial charge in [-0.15, -0.1) is 0 Å². The van der Waals surface area contributed by atoms with Crippen molar-refractivity contribution in [1.82, 2.24) is 5.32 Å². The van der Waals surface area contributed by atoms with Gasteiger partial charge < -0.3 is 10.4 Å². The molecule has 1 aliphatic rings. The highest BCUT2D eigenvalue weighted by Crippen LogP contribution is 2.30. The van der Waals surface area contributed by atoms with Gasteiger partial charge in [0.2, 0.25) is 5.91 Å². The minimum absolute atomic E-state index is 0.0707. The van der Waals surface area contributed by atoms with Crippen molar-refractivity contribution in [2.24, 2.45) is 11.8 Å². The number of rotatable bonds is 4. The molecule has 2 rings (SSSR count). The van der Waals surface area contributed by atoms with Gasteiger partial charge in [-0.25, -0.2) is 0 Å². The van der Waals surface area contributed by atoms with Gasteiger partial charge in [-0.05, 0) is 37.0 Å². The number of carbonyl (C=O) groups excluding carboxylic acids is 2. The van der Waals surface area contributed by atoms with Crippen LogP contribution >= 0.6 is 0 Å². The van der Waals surface area contributed by atoms with Crippen molar-refractivity contribution >= 4 is 17.8 Å². The smallest absolute Gasteiger partial charge is 0.220 e. The molecule has 1 aliphatic carbocycles. The number of amides is 1. The van der Waals surface area contributed by atoms with Crippen LogP contribution in [0.4, 0.5) is 0 Å². The Kier molecular flexibility index (Phi) is 5.01. The fraction of sp³-hybridized carbons (Fsp3) is 0.444. The molecule has 0 heterocycles. The number of phenols is 1. The molecule has 4 nitrogen and oxygen atoms in total. The van der Waals surface area contributed by atoms with Gasteiger partial charge in [-0.3, -0.25) is 9.59 Å². The summed E-state index contributed by atoms with van der Waals surface area (Å²) >= 11 is 0. The van der Waals surface area contributed by atoms with E-state index in [4.69, 9.17) is 0 Å². The third kappa shape index (κ3) is 3.97. The number of carbonyl (C=O) groups is 2. The van der Waals surface area contributed by atoms with Crippen LogP contribution in [0, 0.1) is 11.8 Å². The van der Waals surface area contributed by atoms with E-state index in [9.17, 15) is 14.7 Å². The summed E-state index contributed by atoms with van der Waals surface area (Å²) in [4.78, 5) is 24.7. The minimum atomic E-state index is -0.369. The number of aromatic hydroxyl groups is 1. The summed E-state index contributed by atoms with van der Waals surface area (Å²) in [5, 5.41) is 12.5. The first kappa shape index (κ1) is 16.3. The first-order valence-corrected chi connectivity index (χ1v) is 7.68. The Morgan fingerprint density at radius 1 is 1.41 bits per heavy atom. The zero-order valence-electron chi connectivity index (χ0n) is 13.3. The second-order valence-electron chi connectivity index (χ2n) is 6.43. The van der Waals surface area contributed by atoms with Gasteiger partial charge in [0.15, 0.2) is 5.78 Å². The molecule has 0 aromatic heterocycles. The Hall–Kier alpha value is -2.10. The zero-order valence-corrected chi connectivity index (χ0v) is 13.3. The standard InChI is InChI=1S/C18H23NO3/c1-11(2)10-19-17(21)8-14-7-12(3)6-13-4-5-15(20)9-16(13)18(14)22/h4-6,9,11,14,20H,7-8,10H2,1-3H3,(H,19,21). The normalized spacial score (nSPS) is 17.7. The Bertz CT molecular complexity index is 617. The van der Waals surface area contributed by atoms with Gasteiger partial charge in [0.25, 0.3) is 0 Å². The molecular formula is C18H23NO3. The topological polar surface area (TPSA) is 66.4 Å². The maximum absolute atomic E-state index is 12.7. The van der Waals surface area contributed by atoms with Crippen LogP contribution in [0.5, 0.6) is 5.75 Å². The summed E-state index contributed by atoms with van der Waals surface area (Å²) in [6.07, 6.45) is 2.72. The molecule has 0 radical (unpaired) electrons. The molecule has 1 unspecified atom stereocenters. The molecule has 0 aliphatic heterocycles. The summed E-state index contributed by atoms with van der Waals surface area (Å²) in [6, 6.07) is 4.81. The molecule has 4 heteroatoms. The minimum Gasteiger partial charge on any atom is -0.508 e. The highest BCUT2D eigenvalue weighted by atomic mass is 16.3. The summed E-state index contributed by atoms with van der Waals surface area (Å²) < 4.78 is 0. The third-order valence-electron chi connectivity index (χ3n) is 3.78. The van der Waals surface area contributed by atoms with Gasteiger partial charge in [0.1, 0.15) is 5.75 Å². The van der Waals surface area contributed by atoms with E-state index in [-0.39, 0.29) is 29.8 Å². The van der Waals surface area contributed by atoms with Gasteiger partial charge in [-0.1, -0.05) is 31.6 Å². The Morgan fingerprint density at radius 2 is 2.14 bits per heavy atom. The zero-order chi connectivity index (χ0) is 16.3. The summed E-state index contributed by atoms with van der Waals surface area (Å²) in [5.74, 6) is -0.0789.